The molecule has 1 fully saturated rings. The van der Waals surface area contributed by atoms with Gasteiger partial charge in [0.15, 0.2) is 0 Å². The summed E-state index contributed by atoms with van der Waals surface area (Å²) in [4.78, 5) is 13.1. The monoisotopic (exact) mass is 260 g/mol. The molecule has 1 rings (SSSR count). The van der Waals surface area contributed by atoms with Crippen molar-refractivity contribution in [3.63, 3.8) is 0 Å². The van der Waals surface area contributed by atoms with Crippen molar-refractivity contribution >= 4 is 5.91 Å². The lowest BCUT2D eigenvalue weighted by Crippen LogP contribution is -2.52. The van der Waals surface area contributed by atoms with Crippen molar-refractivity contribution in [1.29, 1.82) is 0 Å². The largest absolute Gasteiger partial charge is 0.389 e. The Kier molecular flexibility index (Phi) is 6.01. The van der Waals surface area contributed by atoms with Crippen molar-refractivity contribution < 1.29 is 20.1 Å². The topological polar surface area (TPSA) is 93.0 Å². The molecule has 1 aliphatic heterocycles. The molecule has 0 saturated carbocycles. The van der Waals surface area contributed by atoms with Gasteiger partial charge in [0.1, 0.15) is 12.2 Å². The van der Waals surface area contributed by atoms with Crippen molar-refractivity contribution in [2.24, 2.45) is 0 Å². The molecule has 0 spiro atoms. The van der Waals surface area contributed by atoms with E-state index in [1.165, 1.54) is 6.92 Å². The third-order valence-corrected chi connectivity index (χ3v) is 3.27. The van der Waals surface area contributed by atoms with Gasteiger partial charge >= 0.3 is 0 Å². The van der Waals surface area contributed by atoms with Gasteiger partial charge < -0.3 is 20.6 Å². The maximum atomic E-state index is 11.1. The lowest BCUT2D eigenvalue weighted by molar-refractivity contribution is -0.121. The molecule has 0 aromatic heterocycles. The number of nitrogens with zero attached hydrogens (tertiary/aromatic N) is 1. The summed E-state index contributed by atoms with van der Waals surface area (Å²) in [6, 6.07) is -0.550. The lowest BCUT2D eigenvalue weighted by Gasteiger charge is -2.27. The summed E-state index contributed by atoms with van der Waals surface area (Å²) in [6.07, 6.45) is -1.35. The SMILES string of the molecule is CCCCN1C[C@H](NC(C)=O)[C@@H](O)[C@H](O)[C@@H](O)C1. The van der Waals surface area contributed by atoms with Crippen LogP contribution in [0.15, 0.2) is 0 Å². The first-order chi connectivity index (χ1) is 8.45. The van der Waals surface area contributed by atoms with E-state index in [0.29, 0.717) is 13.1 Å². The van der Waals surface area contributed by atoms with Crippen molar-refractivity contribution in [2.45, 2.75) is 51.0 Å². The standard InChI is InChI=1S/C12H24N2O4/c1-3-4-5-14-6-9(13-8(2)15)11(17)12(18)10(16)7-14/h9-12,16-18H,3-7H2,1-2H3,(H,13,15)/t9-,10-,11+,12+/m0/s1. The first-order valence-corrected chi connectivity index (χ1v) is 6.49. The number of likely N-dealkylation sites (tertiary alicyclic amines) is 1. The fourth-order valence-electron chi connectivity index (χ4n) is 2.26. The summed E-state index contributed by atoms with van der Waals surface area (Å²) in [7, 11) is 0. The van der Waals surface area contributed by atoms with Crippen molar-refractivity contribution in [3.8, 4) is 0 Å². The van der Waals surface area contributed by atoms with E-state index in [0.717, 1.165) is 19.4 Å². The molecule has 6 nitrogen and oxygen atoms in total. The molecule has 1 heterocycles. The molecule has 106 valence electrons. The maximum absolute atomic E-state index is 11.1. The molecule has 1 amide bonds. The van der Waals surface area contributed by atoms with Gasteiger partial charge in [0.05, 0.1) is 12.1 Å². The van der Waals surface area contributed by atoms with Crippen molar-refractivity contribution in [2.75, 3.05) is 19.6 Å². The number of carbonyl (C=O) groups excluding carboxylic acids is 1. The highest BCUT2D eigenvalue weighted by molar-refractivity contribution is 5.73. The van der Waals surface area contributed by atoms with Crippen LogP contribution in [0.4, 0.5) is 0 Å². The lowest BCUT2D eigenvalue weighted by atomic mass is 10.0. The Hall–Kier alpha value is -0.690. The Morgan fingerprint density at radius 1 is 1.28 bits per heavy atom. The highest BCUT2D eigenvalue weighted by atomic mass is 16.4. The summed E-state index contributed by atoms with van der Waals surface area (Å²) >= 11 is 0. The summed E-state index contributed by atoms with van der Waals surface area (Å²) in [5.74, 6) is -0.252. The molecule has 18 heavy (non-hydrogen) atoms. The molecule has 4 N–H and O–H groups in total. The average molecular weight is 260 g/mol. The number of carbonyl (C=O) groups is 1. The van der Waals surface area contributed by atoms with Gasteiger partial charge in [-0.15, -0.1) is 0 Å². The first kappa shape index (κ1) is 15.4. The molecule has 0 aromatic carbocycles. The zero-order valence-electron chi connectivity index (χ0n) is 11.0. The van der Waals surface area contributed by atoms with Crippen molar-refractivity contribution in [3.05, 3.63) is 0 Å². The van der Waals surface area contributed by atoms with Crippen molar-refractivity contribution in [1.82, 2.24) is 10.2 Å². The predicted molar refractivity (Wildman–Crippen MR) is 67.0 cm³/mol. The Bertz CT molecular complexity index is 275. The van der Waals surface area contributed by atoms with E-state index in [2.05, 4.69) is 12.2 Å². The number of hydrogen-bond acceptors (Lipinski definition) is 5. The molecule has 0 radical (unpaired) electrons. The first-order valence-electron chi connectivity index (χ1n) is 6.49. The minimum atomic E-state index is -1.23. The zero-order valence-corrected chi connectivity index (χ0v) is 11.0. The number of aliphatic hydroxyl groups excluding tert-OH is 3. The quantitative estimate of drug-likeness (QED) is 0.504. The Labute approximate surface area is 108 Å². The third-order valence-electron chi connectivity index (χ3n) is 3.27. The number of hydrogen-bond donors (Lipinski definition) is 4. The van der Waals surface area contributed by atoms with Gasteiger partial charge in [-0.3, -0.25) is 9.69 Å². The Morgan fingerprint density at radius 3 is 2.50 bits per heavy atom. The van der Waals surface area contributed by atoms with Gasteiger partial charge in [0, 0.05) is 20.0 Å². The van der Waals surface area contributed by atoms with Gasteiger partial charge in [0.2, 0.25) is 5.91 Å². The van der Waals surface area contributed by atoms with Crippen LogP contribution in [0.25, 0.3) is 0 Å². The number of rotatable bonds is 4. The molecule has 0 aromatic rings. The summed E-state index contributed by atoms with van der Waals surface area (Å²) < 4.78 is 0. The molecule has 1 aliphatic rings. The number of nitrogens with one attached hydrogen (secondary N) is 1. The van der Waals surface area contributed by atoms with Crippen LogP contribution in [0, 0.1) is 0 Å². The fourth-order valence-corrected chi connectivity index (χ4v) is 2.26. The van der Waals surface area contributed by atoms with Crippen LogP contribution < -0.4 is 5.32 Å². The molecule has 0 unspecified atom stereocenters. The van der Waals surface area contributed by atoms with Crippen LogP contribution in [-0.2, 0) is 4.79 Å². The average Bonchev–Trinajstić information content (AvgIpc) is 2.40. The maximum Gasteiger partial charge on any atom is 0.217 e. The third kappa shape index (κ3) is 4.20. The van der Waals surface area contributed by atoms with Crippen LogP contribution in [-0.4, -0.2) is 70.1 Å². The Morgan fingerprint density at radius 2 is 1.94 bits per heavy atom. The van der Waals surface area contributed by atoms with E-state index < -0.39 is 24.4 Å². The van der Waals surface area contributed by atoms with Gasteiger partial charge in [-0.25, -0.2) is 0 Å². The normalized spacial score (nSPS) is 34.1. The second-order valence-electron chi connectivity index (χ2n) is 4.97. The molecule has 1 saturated heterocycles. The predicted octanol–water partition coefficient (Wildman–Crippen LogP) is -1.31. The van der Waals surface area contributed by atoms with Crippen LogP contribution in [0.2, 0.25) is 0 Å². The van der Waals surface area contributed by atoms with E-state index in [9.17, 15) is 20.1 Å². The van der Waals surface area contributed by atoms with E-state index in [1.54, 1.807) is 0 Å². The van der Waals surface area contributed by atoms with Crippen LogP contribution in [0.5, 0.6) is 0 Å². The van der Waals surface area contributed by atoms with Crippen LogP contribution >= 0.6 is 0 Å². The summed E-state index contributed by atoms with van der Waals surface area (Å²) in [5.41, 5.74) is 0. The molecular weight excluding hydrogens is 236 g/mol. The molecule has 0 aliphatic carbocycles. The van der Waals surface area contributed by atoms with E-state index in [1.807, 2.05) is 4.90 Å². The molecule has 0 bridgehead atoms. The van der Waals surface area contributed by atoms with Gasteiger partial charge in [-0.05, 0) is 13.0 Å². The fraction of sp³-hybridized carbons (Fsp3) is 0.917. The van der Waals surface area contributed by atoms with E-state index in [-0.39, 0.29) is 5.91 Å². The van der Waals surface area contributed by atoms with Crippen LogP contribution in [0.1, 0.15) is 26.7 Å². The molecule has 6 heteroatoms. The highest BCUT2D eigenvalue weighted by Crippen LogP contribution is 2.14. The van der Waals surface area contributed by atoms with E-state index in [4.69, 9.17) is 0 Å². The highest BCUT2D eigenvalue weighted by Gasteiger charge is 2.37. The summed E-state index contributed by atoms with van der Waals surface area (Å²) in [5, 5.41) is 32.1. The van der Waals surface area contributed by atoms with Crippen LogP contribution in [0.3, 0.4) is 0 Å². The number of unbranched alkanes of at least 4 members (excludes halogenated alkanes) is 1. The zero-order chi connectivity index (χ0) is 13.7. The van der Waals surface area contributed by atoms with Gasteiger partial charge in [-0.1, -0.05) is 13.3 Å². The number of β-amino-alcohol motifs (C(OH)–C–C–N with tert-alkyl or cyclic N) is 1. The van der Waals surface area contributed by atoms with Gasteiger partial charge in [-0.2, -0.15) is 0 Å². The molecular formula is C12H24N2O4. The minimum absolute atomic E-state index is 0.252. The number of amides is 1. The molecule has 4 atom stereocenters. The minimum Gasteiger partial charge on any atom is -0.389 e. The summed E-state index contributed by atoms with van der Waals surface area (Å²) in [6.45, 7) is 4.98. The smallest absolute Gasteiger partial charge is 0.217 e. The second-order valence-corrected chi connectivity index (χ2v) is 4.97. The van der Waals surface area contributed by atoms with Gasteiger partial charge in [0.25, 0.3) is 0 Å². The number of aliphatic hydroxyl groups is 3. The Balaban J connectivity index is 2.71. The second kappa shape index (κ2) is 7.04. The van der Waals surface area contributed by atoms with E-state index >= 15 is 0 Å².